The van der Waals surface area contributed by atoms with Crippen LogP contribution >= 0.6 is 11.3 Å². The van der Waals surface area contributed by atoms with Crippen molar-refractivity contribution in [2.45, 2.75) is 6.92 Å². The number of hydrogen-bond donors (Lipinski definition) is 1. The molecule has 0 spiro atoms. The molecule has 0 amide bonds. The van der Waals surface area contributed by atoms with Crippen molar-refractivity contribution in [1.29, 1.82) is 0 Å². The second kappa shape index (κ2) is 7.30. The van der Waals surface area contributed by atoms with Crippen LogP contribution in [0.4, 0.5) is 5.13 Å². The van der Waals surface area contributed by atoms with Crippen LogP contribution in [-0.2, 0) is 9.53 Å². The summed E-state index contributed by atoms with van der Waals surface area (Å²) < 4.78 is 4.43. The molecule has 0 saturated carbocycles. The first-order valence-corrected chi connectivity index (χ1v) is 4.44. The van der Waals surface area contributed by atoms with E-state index in [1.165, 1.54) is 24.3 Å². The lowest BCUT2D eigenvalue weighted by atomic mass is 10.7. The molecule has 0 fully saturated rings. The number of nitrogen functional groups attached to an aromatic ring is 1. The summed E-state index contributed by atoms with van der Waals surface area (Å²) in [5.41, 5.74) is 5.19. The minimum atomic E-state index is -0.264. The summed E-state index contributed by atoms with van der Waals surface area (Å²) in [4.78, 5) is 13.6. The number of anilines is 1. The Morgan fingerprint density at radius 3 is 2.77 bits per heavy atom. The van der Waals surface area contributed by atoms with Gasteiger partial charge in [-0.05, 0) is 0 Å². The number of ether oxygens (including phenoxy) is 1. The van der Waals surface area contributed by atoms with Crippen LogP contribution in [0.25, 0.3) is 0 Å². The number of aromatic nitrogens is 1. The number of carbonyl (C=O) groups is 1. The molecule has 5 heteroatoms. The zero-order valence-corrected chi connectivity index (χ0v) is 8.21. The first-order chi connectivity index (χ1) is 6.16. The first-order valence-electron chi connectivity index (χ1n) is 3.56. The topological polar surface area (TPSA) is 65.2 Å². The molecule has 1 rings (SSSR count). The average Bonchev–Trinajstić information content (AvgIpc) is 2.53. The van der Waals surface area contributed by atoms with Gasteiger partial charge < -0.3 is 10.5 Å². The monoisotopic (exact) mass is 200 g/mol. The first kappa shape index (κ1) is 11.6. The molecule has 0 atom stereocenters. The highest BCUT2D eigenvalue weighted by atomic mass is 32.1. The normalized spacial score (nSPS) is 8.08. The smallest absolute Gasteiger partial charge is 0.302 e. The van der Waals surface area contributed by atoms with E-state index in [1.807, 2.05) is 5.38 Å². The van der Waals surface area contributed by atoms with Crippen LogP contribution in [0, 0.1) is 0 Å². The van der Waals surface area contributed by atoms with Crippen LogP contribution in [0.3, 0.4) is 0 Å². The maximum absolute atomic E-state index is 9.93. The summed E-state index contributed by atoms with van der Waals surface area (Å²) in [6.07, 6.45) is 3.21. The molecule has 4 nitrogen and oxygen atoms in total. The largest absolute Gasteiger partial charge is 0.462 e. The van der Waals surface area contributed by atoms with E-state index in [9.17, 15) is 4.79 Å². The minimum Gasteiger partial charge on any atom is -0.462 e. The summed E-state index contributed by atoms with van der Waals surface area (Å²) in [7, 11) is 0. The summed E-state index contributed by atoms with van der Waals surface area (Å²) in [6, 6.07) is 0. The average molecular weight is 200 g/mol. The number of nitrogens with two attached hydrogens (primary N) is 1. The van der Waals surface area contributed by atoms with Gasteiger partial charge in [0.05, 0.1) is 0 Å². The Morgan fingerprint density at radius 2 is 2.62 bits per heavy atom. The quantitative estimate of drug-likeness (QED) is 0.580. The van der Waals surface area contributed by atoms with E-state index in [0.717, 1.165) is 0 Å². The van der Waals surface area contributed by atoms with Crippen LogP contribution < -0.4 is 5.73 Å². The highest BCUT2D eigenvalue weighted by Crippen LogP contribution is 2.02. The van der Waals surface area contributed by atoms with E-state index >= 15 is 0 Å². The van der Waals surface area contributed by atoms with Crippen LogP contribution in [0.15, 0.2) is 24.2 Å². The Bertz CT molecular complexity index is 247. The fraction of sp³-hybridized carbons (Fsp3) is 0.250. The Balaban J connectivity index is 0.000000223. The van der Waals surface area contributed by atoms with Crippen molar-refractivity contribution in [2.24, 2.45) is 0 Å². The van der Waals surface area contributed by atoms with Gasteiger partial charge in [-0.25, -0.2) is 4.98 Å². The molecular weight excluding hydrogens is 188 g/mol. The predicted molar refractivity (Wildman–Crippen MR) is 53.4 cm³/mol. The predicted octanol–water partition coefficient (Wildman–Crippen LogP) is 1.46. The van der Waals surface area contributed by atoms with Gasteiger partial charge in [0.2, 0.25) is 0 Å². The molecule has 0 aliphatic rings. The van der Waals surface area contributed by atoms with Crippen molar-refractivity contribution in [3.8, 4) is 0 Å². The van der Waals surface area contributed by atoms with Gasteiger partial charge in [-0.3, -0.25) is 4.79 Å². The van der Waals surface area contributed by atoms with E-state index in [2.05, 4.69) is 16.3 Å². The third-order valence-electron chi connectivity index (χ3n) is 0.856. The standard InChI is InChI=1S/C5H8O2.C3H4N2S/c1-3-4-7-5(2)6;4-3-5-1-2-6-3/h3H,1,4H2,2H3;1-2H,(H2,4,5). The molecule has 72 valence electrons. The molecule has 0 bridgehead atoms. The van der Waals surface area contributed by atoms with E-state index < -0.39 is 0 Å². The zero-order valence-electron chi connectivity index (χ0n) is 7.40. The van der Waals surface area contributed by atoms with Gasteiger partial charge in [-0.2, -0.15) is 0 Å². The third kappa shape index (κ3) is 8.55. The van der Waals surface area contributed by atoms with Gasteiger partial charge in [0.15, 0.2) is 5.13 Å². The second-order valence-corrected chi connectivity index (χ2v) is 2.89. The minimum absolute atomic E-state index is 0.264. The Morgan fingerprint density at radius 1 is 1.92 bits per heavy atom. The summed E-state index contributed by atoms with van der Waals surface area (Å²) in [6.45, 7) is 5.03. The van der Waals surface area contributed by atoms with E-state index in [4.69, 9.17) is 5.73 Å². The summed E-state index contributed by atoms with van der Waals surface area (Å²) in [5, 5.41) is 2.48. The molecule has 0 aliphatic carbocycles. The summed E-state index contributed by atoms with van der Waals surface area (Å²) >= 11 is 1.44. The van der Waals surface area contributed by atoms with Crippen LogP contribution in [0.5, 0.6) is 0 Å². The Labute approximate surface area is 81.0 Å². The molecule has 1 aromatic heterocycles. The van der Waals surface area contributed by atoms with E-state index in [0.29, 0.717) is 11.7 Å². The molecule has 0 unspecified atom stereocenters. The number of carbonyl (C=O) groups excluding carboxylic acids is 1. The fourth-order valence-corrected chi connectivity index (χ4v) is 0.794. The molecule has 0 radical (unpaired) electrons. The highest BCUT2D eigenvalue weighted by Gasteiger charge is 1.83. The fourth-order valence-electron chi connectivity index (χ4n) is 0.411. The molecule has 13 heavy (non-hydrogen) atoms. The molecular formula is C8H12N2O2S. The number of rotatable bonds is 2. The zero-order chi connectivity index (χ0) is 10.1. The molecule has 1 heterocycles. The number of nitrogens with zero attached hydrogens (tertiary/aromatic N) is 1. The highest BCUT2D eigenvalue weighted by molar-refractivity contribution is 7.13. The second-order valence-electron chi connectivity index (χ2n) is 1.96. The van der Waals surface area contributed by atoms with Gasteiger partial charge in [0.1, 0.15) is 6.61 Å². The Hall–Kier alpha value is -1.36. The SMILES string of the molecule is C=CCOC(C)=O.Nc1nccs1. The van der Waals surface area contributed by atoms with Gasteiger partial charge in [0.25, 0.3) is 0 Å². The van der Waals surface area contributed by atoms with Crippen molar-refractivity contribution < 1.29 is 9.53 Å². The van der Waals surface area contributed by atoms with Crippen molar-refractivity contribution >= 4 is 22.4 Å². The van der Waals surface area contributed by atoms with Crippen molar-refractivity contribution in [3.05, 3.63) is 24.2 Å². The molecule has 1 aromatic rings. The van der Waals surface area contributed by atoms with Gasteiger partial charge in [-0.1, -0.05) is 12.7 Å². The van der Waals surface area contributed by atoms with E-state index in [-0.39, 0.29) is 5.97 Å². The van der Waals surface area contributed by atoms with Gasteiger partial charge in [0, 0.05) is 18.5 Å². The maximum atomic E-state index is 9.93. The van der Waals surface area contributed by atoms with E-state index in [1.54, 1.807) is 6.20 Å². The van der Waals surface area contributed by atoms with Crippen LogP contribution in [0.2, 0.25) is 0 Å². The third-order valence-corrected chi connectivity index (χ3v) is 1.46. The van der Waals surface area contributed by atoms with Gasteiger partial charge in [-0.15, -0.1) is 11.3 Å². The van der Waals surface area contributed by atoms with Gasteiger partial charge >= 0.3 is 5.97 Å². The lowest BCUT2D eigenvalue weighted by Gasteiger charge is -1.90. The number of thiazole rings is 1. The molecule has 0 saturated heterocycles. The van der Waals surface area contributed by atoms with Crippen LogP contribution in [-0.4, -0.2) is 17.6 Å². The lowest BCUT2D eigenvalue weighted by molar-refractivity contribution is -0.139. The van der Waals surface area contributed by atoms with Crippen LogP contribution in [0.1, 0.15) is 6.92 Å². The summed E-state index contributed by atoms with van der Waals surface area (Å²) in [5.74, 6) is -0.264. The molecule has 2 N–H and O–H groups in total. The molecule has 0 aromatic carbocycles. The van der Waals surface area contributed by atoms with Crippen molar-refractivity contribution in [1.82, 2.24) is 4.98 Å². The Kier molecular flexibility index (Phi) is 6.53. The number of hydrogen-bond acceptors (Lipinski definition) is 5. The molecule has 0 aliphatic heterocycles. The van der Waals surface area contributed by atoms with Crippen molar-refractivity contribution in [2.75, 3.05) is 12.3 Å². The maximum Gasteiger partial charge on any atom is 0.302 e. The lowest BCUT2D eigenvalue weighted by Crippen LogP contribution is -1.96. The van der Waals surface area contributed by atoms with Crippen molar-refractivity contribution in [3.63, 3.8) is 0 Å². The number of esters is 1.